The number of hydrogen-bond donors (Lipinski definition) is 2. The second-order valence-corrected chi connectivity index (χ2v) is 5.87. The van der Waals surface area contributed by atoms with Crippen molar-refractivity contribution >= 4 is 5.96 Å². The number of rotatable bonds is 8. The molecule has 0 amide bonds. The minimum atomic E-state index is -0.160. The Morgan fingerprint density at radius 3 is 2.62 bits per heavy atom. The van der Waals surface area contributed by atoms with Crippen molar-refractivity contribution in [1.82, 2.24) is 10.6 Å². The zero-order valence-electron chi connectivity index (χ0n) is 14.7. The fraction of sp³-hybridized carbons (Fsp3) is 0.611. The molecule has 1 saturated heterocycles. The van der Waals surface area contributed by atoms with Crippen LogP contribution in [0.2, 0.25) is 0 Å². The number of nitrogens with one attached hydrogen (secondary N) is 2. The second-order valence-electron chi connectivity index (χ2n) is 5.87. The molecule has 1 aliphatic heterocycles. The largest absolute Gasteiger partial charge is 0.494 e. The van der Waals surface area contributed by atoms with Gasteiger partial charge in [0.15, 0.2) is 5.96 Å². The molecule has 1 aromatic rings. The summed E-state index contributed by atoms with van der Waals surface area (Å²) in [6.45, 7) is 3.70. The third-order valence-corrected chi connectivity index (χ3v) is 4.26. The SMILES string of the molecule is CN=C(NCCCOc1ccccc1)NCC1(OC)CCOCC1. The summed E-state index contributed by atoms with van der Waals surface area (Å²) in [5, 5.41) is 6.67. The molecule has 134 valence electrons. The summed E-state index contributed by atoms with van der Waals surface area (Å²) in [6, 6.07) is 9.86. The van der Waals surface area contributed by atoms with Gasteiger partial charge >= 0.3 is 0 Å². The number of hydrogen-bond acceptors (Lipinski definition) is 4. The van der Waals surface area contributed by atoms with Gasteiger partial charge in [-0.05, 0) is 18.6 Å². The maximum atomic E-state index is 5.72. The van der Waals surface area contributed by atoms with Gasteiger partial charge < -0.3 is 24.8 Å². The van der Waals surface area contributed by atoms with E-state index in [0.29, 0.717) is 6.61 Å². The van der Waals surface area contributed by atoms with E-state index in [-0.39, 0.29) is 5.60 Å². The highest BCUT2D eigenvalue weighted by atomic mass is 16.5. The summed E-state index contributed by atoms with van der Waals surface area (Å²) in [7, 11) is 3.55. The summed E-state index contributed by atoms with van der Waals surface area (Å²) < 4.78 is 16.8. The van der Waals surface area contributed by atoms with Crippen LogP contribution in [0.25, 0.3) is 0 Å². The number of aliphatic imine (C=N–C) groups is 1. The molecule has 2 N–H and O–H groups in total. The van der Waals surface area contributed by atoms with E-state index in [0.717, 1.165) is 57.3 Å². The fourth-order valence-electron chi connectivity index (χ4n) is 2.65. The quantitative estimate of drug-likeness (QED) is 0.431. The molecule has 0 saturated carbocycles. The number of methoxy groups -OCH3 is 1. The first-order chi connectivity index (χ1) is 11.8. The van der Waals surface area contributed by atoms with Crippen molar-refractivity contribution in [2.45, 2.75) is 24.9 Å². The highest BCUT2D eigenvalue weighted by Gasteiger charge is 2.32. The van der Waals surface area contributed by atoms with Crippen molar-refractivity contribution in [3.63, 3.8) is 0 Å². The summed E-state index contributed by atoms with van der Waals surface area (Å²) in [5.41, 5.74) is -0.160. The van der Waals surface area contributed by atoms with Crippen molar-refractivity contribution < 1.29 is 14.2 Å². The predicted molar refractivity (Wildman–Crippen MR) is 95.7 cm³/mol. The van der Waals surface area contributed by atoms with E-state index < -0.39 is 0 Å². The molecule has 0 bridgehead atoms. The molecule has 1 fully saturated rings. The van der Waals surface area contributed by atoms with Gasteiger partial charge in [-0.1, -0.05) is 18.2 Å². The molecule has 0 spiro atoms. The number of ether oxygens (including phenoxy) is 3. The zero-order valence-corrected chi connectivity index (χ0v) is 14.7. The van der Waals surface area contributed by atoms with E-state index in [9.17, 15) is 0 Å². The molecule has 24 heavy (non-hydrogen) atoms. The average molecular weight is 335 g/mol. The van der Waals surface area contributed by atoms with E-state index >= 15 is 0 Å². The monoisotopic (exact) mass is 335 g/mol. The van der Waals surface area contributed by atoms with Crippen LogP contribution in [-0.4, -0.2) is 58.6 Å². The molecular formula is C18H29N3O3. The van der Waals surface area contributed by atoms with Gasteiger partial charge in [0.25, 0.3) is 0 Å². The maximum Gasteiger partial charge on any atom is 0.191 e. The van der Waals surface area contributed by atoms with Crippen molar-refractivity contribution in [3.05, 3.63) is 30.3 Å². The molecule has 0 atom stereocenters. The van der Waals surface area contributed by atoms with E-state index in [4.69, 9.17) is 14.2 Å². The molecule has 1 aromatic carbocycles. The molecule has 0 radical (unpaired) electrons. The Balaban J connectivity index is 1.63. The Labute approximate surface area is 144 Å². The lowest BCUT2D eigenvalue weighted by Crippen LogP contribution is -2.50. The predicted octanol–water partition coefficient (Wildman–Crippen LogP) is 1.82. The lowest BCUT2D eigenvalue weighted by molar-refractivity contribution is -0.0855. The summed E-state index contributed by atoms with van der Waals surface area (Å²) in [6.07, 6.45) is 2.70. The number of para-hydroxylation sites is 1. The van der Waals surface area contributed by atoms with Crippen LogP contribution in [0.3, 0.4) is 0 Å². The lowest BCUT2D eigenvalue weighted by atomic mass is 9.94. The summed E-state index contributed by atoms with van der Waals surface area (Å²) in [5.74, 6) is 1.69. The topological polar surface area (TPSA) is 64.1 Å². The van der Waals surface area contributed by atoms with E-state index in [1.54, 1.807) is 14.2 Å². The van der Waals surface area contributed by atoms with Crippen LogP contribution in [0.1, 0.15) is 19.3 Å². The molecule has 0 aliphatic carbocycles. The number of benzene rings is 1. The lowest BCUT2D eigenvalue weighted by Gasteiger charge is -2.36. The highest BCUT2D eigenvalue weighted by molar-refractivity contribution is 5.79. The first-order valence-corrected chi connectivity index (χ1v) is 8.53. The van der Waals surface area contributed by atoms with Crippen LogP contribution in [0.15, 0.2) is 35.3 Å². The van der Waals surface area contributed by atoms with E-state index in [1.807, 2.05) is 30.3 Å². The van der Waals surface area contributed by atoms with Crippen LogP contribution in [-0.2, 0) is 9.47 Å². The van der Waals surface area contributed by atoms with Crippen molar-refractivity contribution in [3.8, 4) is 5.75 Å². The molecule has 0 unspecified atom stereocenters. The van der Waals surface area contributed by atoms with Gasteiger partial charge in [0.1, 0.15) is 5.75 Å². The standard InChI is InChI=1S/C18H29N3O3/c1-19-17(21-15-18(22-2)9-13-23-14-10-18)20-11-6-12-24-16-7-4-3-5-8-16/h3-5,7-8H,6,9-15H2,1-2H3,(H2,19,20,21). The molecule has 6 heteroatoms. The van der Waals surface area contributed by atoms with Crippen LogP contribution in [0, 0.1) is 0 Å². The Morgan fingerprint density at radius 2 is 1.96 bits per heavy atom. The molecule has 6 nitrogen and oxygen atoms in total. The first kappa shape index (κ1) is 18.5. The smallest absolute Gasteiger partial charge is 0.191 e. The normalized spacial score (nSPS) is 17.3. The Kier molecular flexibility index (Phi) is 7.85. The van der Waals surface area contributed by atoms with Gasteiger partial charge in [-0.15, -0.1) is 0 Å². The molecule has 0 aromatic heterocycles. The highest BCUT2D eigenvalue weighted by Crippen LogP contribution is 2.23. The van der Waals surface area contributed by atoms with Crippen LogP contribution in [0.5, 0.6) is 5.75 Å². The first-order valence-electron chi connectivity index (χ1n) is 8.53. The van der Waals surface area contributed by atoms with E-state index in [2.05, 4.69) is 15.6 Å². The van der Waals surface area contributed by atoms with Crippen LogP contribution >= 0.6 is 0 Å². The van der Waals surface area contributed by atoms with Gasteiger partial charge in [-0.25, -0.2) is 0 Å². The Morgan fingerprint density at radius 1 is 1.21 bits per heavy atom. The second kappa shape index (κ2) is 10.2. The molecule has 1 heterocycles. The summed E-state index contributed by atoms with van der Waals surface area (Å²) >= 11 is 0. The van der Waals surface area contributed by atoms with Crippen molar-refractivity contribution in [1.29, 1.82) is 0 Å². The maximum absolute atomic E-state index is 5.72. The Bertz CT molecular complexity index is 488. The zero-order chi connectivity index (χ0) is 17.1. The van der Waals surface area contributed by atoms with Gasteiger partial charge in [-0.3, -0.25) is 4.99 Å². The third-order valence-electron chi connectivity index (χ3n) is 4.26. The average Bonchev–Trinajstić information content (AvgIpc) is 2.65. The van der Waals surface area contributed by atoms with Gasteiger partial charge in [-0.2, -0.15) is 0 Å². The van der Waals surface area contributed by atoms with Gasteiger partial charge in [0.2, 0.25) is 0 Å². The third kappa shape index (κ3) is 6.02. The van der Waals surface area contributed by atoms with Crippen molar-refractivity contribution in [2.75, 3.05) is 47.1 Å². The molecular weight excluding hydrogens is 306 g/mol. The van der Waals surface area contributed by atoms with Gasteiger partial charge in [0, 0.05) is 53.3 Å². The minimum Gasteiger partial charge on any atom is -0.494 e. The Hall–Kier alpha value is -1.79. The summed E-state index contributed by atoms with van der Waals surface area (Å²) in [4.78, 5) is 4.26. The molecule has 2 rings (SSSR count). The van der Waals surface area contributed by atoms with E-state index in [1.165, 1.54) is 0 Å². The van der Waals surface area contributed by atoms with Gasteiger partial charge in [0.05, 0.1) is 12.2 Å². The fourth-order valence-corrected chi connectivity index (χ4v) is 2.65. The van der Waals surface area contributed by atoms with Crippen LogP contribution in [0.4, 0.5) is 0 Å². The number of guanidine groups is 1. The minimum absolute atomic E-state index is 0.160. The van der Waals surface area contributed by atoms with Crippen molar-refractivity contribution in [2.24, 2.45) is 4.99 Å². The van der Waals surface area contributed by atoms with Crippen LogP contribution < -0.4 is 15.4 Å². The number of nitrogens with zero attached hydrogens (tertiary/aromatic N) is 1. The molecule has 1 aliphatic rings.